The van der Waals surface area contributed by atoms with Gasteiger partial charge in [0.1, 0.15) is 5.82 Å². The molecule has 2 heterocycles. The van der Waals surface area contributed by atoms with Gasteiger partial charge in [0.15, 0.2) is 0 Å². The molecule has 1 saturated heterocycles. The van der Waals surface area contributed by atoms with Gasteiger partial charge in [0, 0.05) is 36.6 Å². The number of carbonyl (C=O) groups excluding carboxylic acids is 1. The molecular formula is C19H21FN4O. The van der Waals surface area contributed by atoms with Gasteiger partial charge < -0.3 is 10.2 Å². The van der Waals surface area contributed by atoms with E-state index in [4.69, 9.17) is 0 Å². The molecule has 2 fully saturated rings. The molecule has 1 saturated carbocycles. The third-order valence-corrected chi connectivity index (χ3v) is 5.59. The van der Waals surface area contributed by atoms with Crippen molar-refractivity contribution in [3.8, 4) is 0 Å². The predicted molar refractivity (Wildman–Crippen MR) is 93.8 cm³/mol. The van der Waals surface area contributed by atoms with Gasteiger partial charge in [-0.1, -0.05) is 12.5 Å². The van der Waals surface area contributed by atoms with Crippen molar-refractivity contribution in [3.63, 3.8) is 0 Å². The Morgan fingerprint density at radius 2 is 2.08 bits per heavy atom. The molecule has 1 unspecified atom stereocenters. The van der Waals surface area contributed by atoms with Crippen molar-refractivity contribution in [3.05, 3.63) is 48.0 Å². The number of carbonyl (C=O) groups is 1. The highest BCUT2D eigenvalue weighted by Crippen LogP contribution is 2.52. The molecule has 130 valence electrons. The summed E-state index contributed by atoms with van der Waals surface area (Å²) in [5.74, 6) is 0.197. The van der Waals surface area contributed by atoms with Gasteiger partial charge >= 0.3 is 0 Å². The Bertz CT molecular complexity index is 791. The molecule has 1 spiro atoms. The molecule has 6 heteroatoms. The maximum absolute atomic E-state index is 13.7. The largest absolute Gasteiger partial charge is 0.339 e. The number of hydrogen-bond donors (Lipinski definition) is 1. The summed E-state index contributed by atoms with van der Waals surface area (Å²) in [6.45, 7) is 3.11. The minimum atomic E-state index is -0.304. The first-order valence-electron chi connectivity index (χ1n) is 8.66. The van der Waals surface area contributed by atoms with Crippen LogP contribution in [0.1, 0.15) is 24.8 Å². The number of anilines is 2. The van der Waals surface area contributed by atoms with Crippen molar-refractivity contribution >= 4 is 17.5 Å². The number of amides is 1. The van der Waals surface area contributed by atoms with Crippen LogP contribution >= 0.6 is 0 Å². The maximum Gasteiger partial charge on any atom is 0.229 e. The summed E-state index contributed by atoms with van der Waals surface area (Å²) >= 11 is 0. The molecule has 1 aliphatic heterocycles. The molecule has 2 aromatic rings. The average molecular weight is 340 g/mol. The molecule has 0 bridgehead atoms. The van der Waals surface area contributed by atoms with Crippen LogP contribution < -0.4 is 10.2 Å². The first kappa shape index (κ1) is 16.0. The van der Waals surface area contributed by atoms with Crippen LogP contribution in [0.2, 0.25) is 0 Å². The minimum absolute atomic E-state index is 0.00741. The maximum atomic E-state index is 13.7. The van der Waals surface area contributed by atoms with E-state index >= 15 is 0 Å². The number of aryl methyl sites for hydroxylation is 1. The smallest absolute Gasteiger partial charge is 0.229 e. The van der Waals surface area contributed by atoms with Crippen LogP contribution in [0.5, 0.6) is 0 Å². The van der Waals surface area contributed by atoms with Gasteiger partial charge in [-0.05, 0) is 43.5 Å². The van der Waals surface area contributed by atoms with Crippen molar-refractivity contribution in [1.29, 1.82) is 0 Å². The first-order valence-corrected chi connectivity index (χ1v) is 8.66. The topological polar surface area (TPSA) is 58.1 Å². The van der Waals surface area contributed by atoms with Gasteiger partial charge in [-0.3, -0.25) is 4.79 Å². The van der Waals surface area contributed by atoms with Crippen LogP contribution in [0.15, 0.2) is 36.7 Å². The second-order valence-electron chi connectivity index (χ2n) is 7.15. The minimum Gasteiger partial charge on any atom is -0.339 e. The normalized spacial score (nSPS) is 21.2. The molecule has 1 amide bonds. The highest BCUT2D eigenvalue weighted by Gasteiger charge is 2.53. The molecule has 1 aliphatic carbocycles. The molecule has 1 aromatic heterocycles. The van der Waals surface area contributed by atoms with Crippen LogP contribution in [-0.2, 0) is 4.79 Å². The lowest BCUT2D eigenvalue weighted by Crippen LogP contribution is -2.43. The summed E-state index contributed by atoms with van der Waals surface area (Å²) in [7, 11) is 0. The molecule has 0 radical (unpaired) electrons. The summed E-state index contributed by atoms with van der Waals surface area (Å²) in [6, 6.07) is 6.60. The molecular weight excluding hydrogens is 319 g/mol. The summed E-state index contributed by atoms with van der Waals surface area (Å²) in [4.78, 5) is 23.6. The van der Waals surface area contributed by atoms with E-state index in [9.17, 15) is 9.18 Å². The van der Waals surface area contributed by atoms with E-state index in [0.717, 1.165) is 25.8 Å². The zero-order chi connectivity index (χ0) is 17.4. The van der Waals surface area contributed by atoms with Crippen LogP contribution in [0, 0.1) is 24.1 Å². The van der Waals surface area contributed by atoms with Crippen LogP contribution in [0.3, 0.4) is 0 Å². The number of aromatic nitrogens is 2. The Balaban J connectivity index is 1.53. The van der Waals surface area contributed by atoms with E-state index in [2.05, 4.69) is 20.2 Å². The van der Waals surface area contributed by atoms with Crippen LogP contribution in [0.4, 0.5) is 16.0 Å². The Labute approximate surface area is 146 Å². The molecule has 1 aromatic carbocycles. The van der Waals surface area contributed by atoms with E-state index in [1.54, 1.807) is 37.5 Å². The average Bonchev–Trinajstić information content (AvgIpc) is 3.00. The Kier molecular flexibility index (Phi) is 3.90. The molecule has 1 N–H and O–H groups in total. The molecule has 25 heavy (non-hydrogen) atoms. The van der Waals surface area contributed by atoms with Crippen molar-refractivity contribution in [2.75, 3.05) is 23.3 Å². The van der Waals surface area contributed by atoms with Crippen molar-refractivity contribution in [2.45, 2.75) is 26.2 Å². The monoisotopic (exact) mass is 340 g/mol. The highest BCUT2D eigenvalue weighted by molar-refractivity contribution is 5.94. The molecule has 1 atom stereocenters. The Hall–Kier alpha value is -2.50. The van der Waals surface area contributed by atoms with Crippen molar-refractivity contribution in [2.24, 2.45) is 11.3 Å². The van der Waals surface area contributed by atoms with E-state index < -0.39 is 0 Å². The first-order chi connectivity index (χ1) is 12.1. The number of hydrogen-bond acceptors (Lipinski definition) is 4. The summed E-state index contributed by atoms with van der Waals surface area (Å²) in [5.41, 5.74) is 1.07. The van der Waals surface area contributed by atoms with Gasteiger partial charge in [0.25, 0.3) is 0 Å². The SMILES string of the molecule is Cc1ccc(NC(=O)C2CN(c3ncccn3)CC23CCC3)cc1F. The van der Waals surface area contributed by atoms with Gasteiger partial charge in [-0.15, -0.1) is 0 Å². The van der Waals surface area contributed by atoms with Crippen LogP contribution in [0.25, 0.3) is 0 Å². The number of rotatable bonds is 3. The number of nitrogens with one attached hydrogen (secondary N) is 1. The molecule has 5 nitrogen and oxygen atoms in total. The highest BCUT2D eigenvalue weighted by atomic mass is 19.1. The van der Waals surface area contributed by atoms with Gasteiger partial charge in [0.05, 0.1) is 5.92 Å². The van der Waals surface area contributed by atoms with E-state index in [1.807, 2.05) is 0 Å². The Morgan fingerprint density at radius 1 is 1.32 bits per heavy atom. The second-order valence-corrected chi connectivity index (χ2v) is 7.15. The van der Waals surface area contributed by atoms with E-state index in [-0.39, 0.29) is 23.1 Å². The second kappa shape index (κ2) is 6.10. The lowest BCUT2D eigenvalue weighted by molar-refractivity contribution is -0.124. The number of halogens is 1. The fourth-order valence-electron chi connectivity index (χ4n) is 3.97. The lowest BCUT2D eigenvalue weighted by atomic mass is 9.62. The fraction of sp³-hybridized carbons (Fsp3) is 0.421. The van der Waals surface area contributed by atoms with E-state index in [1.165, 1.54) is 6.07 Å². The van der Waals surface area contributed by atoms with Gasteiger partial charge in [0.2, 0.25) is 11.9 Å². The summed E-state index contributed by atoms with van der Waals surface area (Å²) in [6.07, 6.45) is 6.66. The Morgan fingerprint density at radius 3 is 2.72 bits per heavy atom. The summed E-state index contributed by atoms with van der Waals surface area (Å²) in [5, 5.41) is 2.90. The standard InChI is InChI=1S/C19H21FN4O/c1-13-4-5-14(10-16(13)20)23-17(25)15-11-24(12-19(15)6-2-7-19)18-21-8-3-9-22-18/h3-5,8-10,15H,2,6-7,11-12H2,1H3,(H,23,25). The quantitative estimate of drug-likeness (QED) is 0.932. The van der Waals surface area contributed by atoms with Crippen molar-refractivity contribution in [1.82, 2.24) is 9.97 Å². The third-order valence-electron chi connectivity index (χ3n) is 5.59. The van der Waals surface area contributed by atoms with Gasteiger partial charge in [-0.25, -0.2) is 14.4 Å². The third kappa shape index (κ3) is 2.86. The molecule has 4 rings (SSSR count). The molecule has 2 aliphatic rings. The predicted octanol–water partition coefficient (Wildman–Crippen LogP) is 3.17. The van der Waals surface area contributed by atoms with Crippen molar-refractivity contribution < 1.29 is 9.18 Å². The summed E-state index contributed by atoms with van der Waals surface area (Å²) < 4.78 is 13.7. The van der Waals surface area contributed by atoms with Gasteiger partial charge in [-0.2, -0.15) is 0 Å². The zero-order valence-corrected chi connectivity index (χ0v) is 14.2. The van der Waals surface area contributed by atoms with Crippen LogP contribution in [-0.4, -0.2) is 29.0 Å². The zero-order valence-electron chi connectivity index (χ0n) is 14.2. The number of nitrogens with zero attached hydrogens (tertiary/aromatic N) is 3. The fourth-order valence-corrected chi connectivity index (χ4v) is 3.97. The lowest BCUT2D eigenvalue weighted by Gasteiger charge is -2.41. The number of benzene rings is 1. The van der Waals surface area contributed by atoms with E-state index in [0.29, 0.717) is 23.7 Å².